The number of nitriles is 1. The topological polar surface area (TPSA) is 67.4 Å². The van der Waals surface area contributed by atoms with E-state index >= 15 is 0 Å². The lowest BCUT2D eigenvalue weighted by Crippen LogP contribution is -2.03. The average molecular weight is 211 g/mol. The van der Waals surface area contributed by atoms with Crippen LogP contribution in [0.15, 0.2) is 30.8 Å². The molecule has 0 spiro atoms. The van der Waals surface area contributed by atoms with Crippen LogP contribution in [0.1, 0.15) is 17.0 Å². The van der Waals surface area contributed by atoms with Gasteiger partial charge in [-0.1, -0.05) is 42.0 Å². The van der Waals surface area contributed by atoms with E-state index in [0.717, 1.165) is 11.1 Å². The SMILES string of the molecule is C=Cc1ccc(Cn2nnc(C#N)n2)cc1. The van der Waals surface area contributed by atoms with Gasteiger partial charge in [0.05, 0.1) is 6.54 Å². The molecule has 5 nitrogen and oxygen atoms in total. The largest absolute Gasteiger partial charge is 0.273 e. The third-order valence-electron chi connectivity index (χ3n) is 2.09. The standard InChI is InChI=1S/C11H9N5/c1-2-9-3-5-10(6-4-9)8-16-14-11(7-12)13-15-16/h2-6H,1,8H2. The second-order valence-electron chi connectivity index (χ2n) is 3.20. The van der Waals surface area contributed by atoms with Gasteiger partial charge in [0.25, 0.3) is 5.82 Å². The molecule has 0 aliphatic heterocycles. The van der Waals surface area contributed by atoms with Crippen molar-refractivity contribution in [3.63, 3.8) is 0 Å². The Bertz CT molecular complexity index is 532. The molecule has 0 bridgehead atoms. The molecule has 0 aliphatic rings. The van der Waals surface area contributed by atoms with Crippen LogP contribution in [-0.4, -0.2) is 20.2 Å². The summed E-state index contributed by atoms with van der Waals surface area (Å²) in [7, 11) is 0. The number of aromatic nitrogens is 4. The molecule has 0 saturated heterocycles. The summed E-state index contributed by atoms with van der Waals surface area (Å²) in [6.07, 6.45) is 1.78. The molecule has 0 aliphatic carbocycles. The molecule has 0 amide bonds. The smallest absolute Gasteiger partial charge is 0.189 e. The molecule has 0 saturated carbocycles. The first-order valence-corrected chi connectivity index (χ1v) is 4.71. The summed E-state index contributed by atoms with van der Waals surface area (Å²) >= 11 is 0. The van der Waals surface area contributed by atoms with Crippen molar-refractivity contribution in [2.75, 3.05) is 0 Å². The van der Waals surface area contributed by atoms with Gasteiger partial charge in [0.1, 0.15) is 6.07 Å². The summed E-state index contributed by atoms with van der Waals surface area (Å²) < 4.78 is 0. The Kier molecular flexibility index (Phi) is 2.74. The van der Waals surface area contributed by atoms with Gasteiger partial charge in [-0.15, -0.1) is 5.10 Å². The molecular formula is C11H9N5. The summed E-state index contributed by atoms with van der Waals surface area (Å²) in [5, 5.41) is 19.8. The lowest BCUT2D eigenvalue weighted by molar-refractivity contribution is 0.572. The average Bonchev–Trinajstić information content (AvgIpc) is 2.78. The number of hydrogen-bond donors (Lipinski definition) is 0. The molecule has 0 unspecified atom stereocenters. The van der Waals surface area contributed by atoms with E-state index in [1.165, 1.54) is 4.80 Å². The molecule has 0 fully saturated rings. The third-order valence-corrected chi connectivity index (χ3v) is 2.09. The second-order valence-corrected chi connectivity index (χ2v) is 3.20. The summed E-state index contributed by atoms with van der Waals surface area (Å²) in [5.74, 6) is 0.0858. The highest BCUT2D eigenvalue weighted by atomic mass is 15.6. The van der Waals surface area contributed by atoms with E-state index in [-0.39, 0.29) is 5.82 Å². The van der Waals surface area contributed by atoms with Gasteiger partial charge in [0.15, 0.2) is 0 Å². The molecule has 0 N–H and O–H groups in total. The van der Waals surface area contributed by atoms with Crippen molar-refractivity contribution in [2.24, 2.45) is 0 Å². The Morgan fingerprint density at radius 2 is 2.12 bits per heavy atom. The van der Waals surface area contributed by atoms with Crippen LogP contribution < -0.4 is 0 Å². The summed E-state index contributed by atoms with van der Waals surface area (Å²) in [4.78, 5) is 1.39. The summed E-state index contributed by atoms with van der Waals surface area (Å²) in [6, 6.07) is 9.69. The molecule has 1 heterocycles. The van der Waals surface area contributed by atoms with Crippen LogP contribution in [0.3, 0.4) is 0 Å². The molecule has 5 heteroatoms. The Morgan fingerprint density at radius 3 is 2.69 bits per heavy atom. The first kappa shape index (κ1) is 10.1. The maximum atomic E-state index is 8.55. The molecule has 16 heavy (non-hydrogen) atoms. The predicted molar refractivity (Wildman–Crippen MR) is 58.2 cm³/mol. The lowest BCUT2D eigenvalue weighted by Gasteiger charge is -1.99. The first-order chi connectivity index (χ1) is 7.81. The predicted octanol–water partition coefficient (Wildman–Crippen LogP) is 1.24. The number of rotatable bonds is 3. The van der Waals surface area contributed by atoms with Crippen molar-refractivity contribution in [1.29, 1.82) is 5.26 Å². The minimum absolute atomic E-state index is 0.0858. The van der Waals surface area contributed by atoms with Crippen molar-refractivity contribution in [3.8, 4) is 6.07 Å². The third kappa shape index (κ3) is 2.12. The Labute approximate surface area is 92.6 Å². The molecule has 78 valence electrons. The van der Waals surface area contributed by atoms with Gasteiger partial charge in [-0.2, -0.15) is 10.1 Å². The van der Waals surface area contributed by atoms with Gasteiger partial charge in [0, 0.05) is 0 Å². The fourth-order valence-corrected chi connectivity index (χ4v) is 1.28. The summed E-state index contributed by atoms with van der Waals surface area (Å²) in [5.41, 5.74) is 2.11. The number of hydrogen-bond acceptors (Lipinski definition) is 4. The fourth-order valence-electron chi connectivity index (χ4n) is 1.28. The minimum atomic E-state index is 0.0858. The van der Waals surface area contributed by atoms with Gasteiger partial charge >= 0.3 is 0 Å². The monoisotopic (exact) mass is 211 g/mol. The Balaban J connectivity index is 2.14. The van der Waals surface area contributed by atoms with Crippen molar-refractivity contribution in [2.45, 2.75) is 6.54 Å². The van der Waals surface area contributed by atoms with E-state index in [4.69, 9.17) is 5.26 Å². The van der Waals surface area contributed by atoms with E-state index in [9.17, 15) is 0 Å². The lowest BCUT2D eigenvalue weighted by atomic mass is 10.1. The van der Waals surface area contributed by atoms with E-state index in [2.05, 4.69) is 22.0 Å². The van der Waals surface area contributed by atoms with Crippen molar-refractivity contribution < 1.29 is 0 Å². The van der Waals surface area contributed by atoms with Crippen LogP contribution in [0.4, 0.5) is 0 Å². The molecule has 2 rings (SSSR count). The minimum Gasteiger partial charge on any atom is -0.189 e. The van der Waals surface area contributed by atoms with Crippen molar-refractivity contribution in [3.05, 3.63) is 47.8 Å². The van der Waals surface area contributed by atoms with Gasteiger partial charge in [-0.25, -0.2) is 0 Å². The van der Waals surface area contributed by atoms with Crippen LogP contribution in [0.25, 0.3) is 6.08 Å². The number of benzene rings is 1. The summed E-state index contributed by atoms with van der Waals surface area (Å²) in [6.45, 7) is 4.19. The molecule has 2 aromatic rings. The quantitative estimate of drug-likeness (QED) is 0.765. The van der Waals surface area contributed by atoms with E-state index in [0.29, 0.717) is 6.54 Å². The van der Waals surface area contributed by atoms with Crippen molar-refractivity contribution >= 4 is 6.08 Å². The highest BCUT2D eigenvalue weighted by molar-refractivity contribution is 5.47. The van der Waals surface area contributed by atoms with Crippen LogP contribution in [0.2, 0.25) is 0 Å². The van der Waals surface area contributed by atoms with Crippen molar-refractivity contribution in [1.82, 2.24) is 20.2 Å². The first-order valence-electron chi connectivity index (χ1n) is 4.71. The van der Waals surface area contributed by atoms with Gasteiger partial charge < -0.3 is 0 Å². The maximum absolute atomic E-state index is 8.55. The zero-order chi connectivity index (χ0) is 11.4. The van der Waals surface area contributed by atoms with Crippen LogP contribution in [-0.2, 0) is 6.54 Å². The van der Waals surface area contributed by atoms with E-state index in [1.807, 2.05) is 30.3 Å². The zero-order valence-electron chi connectivity index (χ0n) is 8.54. The maximum Gasteiger partial charge on any atom is 0.273 e. The highest BCUT2D eigenvalue weighted by Crippen LogP contribution is 2.06. The van der Waals surface area contributed by atoms with Crippen LogP contribution in [0, 0.1) is 11.3 Å². The van der Waals surface area contributed by atoms with Gasteiger partial charge in [-0.3, -0.25) is 0 Å². The highest BCUT2D eigenvalue weighted by Gasteiger charge is 2.01. The Hall–Kier alpha value is -2.48. The normalized spacial score (nSPS) is 9.69. The van der Waals surface area contributed by atoms with E-state index in [1.54, 1.807) is 6.08 Å². The molecular weight excluding hydrogens is 202 g/mol. The molecule has 1 aromatic heterocycles. The van der Waals surface area contributed by atoms with Crippen LogP contribution >= 0.6 is 0 Å². The van der Waals surface area contributed by atoms with Gasteiger partial charge in [0.2, 0.25) is 0 Å². The fraction of sp³-hybridized carbons (Fsp3) is 0.0909. The number of nitrogens with zero attached hydrogens (tertiary/aromatic N) is 5. The van der Waals surface area contributed by atoms with Gasteiger partial charge in [-0.05, 0) is 16.3 Å². The molecule has 0 radical (unpaired) electrons. The molecule has 0 atom stereocenters. The second kappa shape index (κ2) is 4.36. The Morgan fingerprint density at radius 1 is 1.38 bits per heavy atom. The van der Waals surface area contributed by atoms with E-state index < -0.39 is 0 Å². The molecule has 1 aromatic carbocycles. The van der Waals surface area contributed by atoms with Crippen LogP contribution in [0.5, 0.6) is 0 Å². The number of tetrazole rings is 1. The zero-order valence-corrected chi connectivity index (χ0v) is 8.54.